The minimum Gasteiger partial charge on any atom is -0.331 e. The molecule has 0 aromatic heterocycles. The second kappa shape index (κ2) is 4.14. The van der Waals surface area contributed by atoms with Crippen LogP contribution >= 0.6 is 0 Å². The number of nitrogens with zero attached hydrogens (tertiary/aromatic N) is 2. The number of hydrogen-bond donors (Lipinski definition) is 0. The molecule has 102 valence electrons. The SMILES string of the molecule is CN(C)C(=O)N(C)CC12CC3CC(CC(C3)C1)C2. The first kappa shape index (κ1) is 12.3. The smallest absolute Gasteiger partial charge is 0.319 e. The molecule has 0 aromatic carbocycles. The van der Waals surface area contributed by atoms with E-state index in [1.54, 1.807) is 4.90 Å². The van der Waals surface area contributed by atoms with Crippen molar-refractivity contribution in [2.24, 2.45) is 23.2 Å². The van der Waals surface area contributed by atoms with Gasteiger partial charge in [0.05, 0.1) is 0 Å². The molecule has 18 heavy (non-hydrogen) atoms. The largest absolute Gasteiger partial charge is 0.331 e. The highest BCUT2D eigenvalue weighted by Crippen LogP contribution is 2.60. The Balaban J connectivity index is 1.70. The summed E-state index contributed by atoms with van der Waals surface area (Å²) in [5.41, 5.74) is 0.467. The van der Waals surface area contributed by atoms with Gasteiger partial charge in [-0.05, 0) is 61.7 Å². The fourth-order valence-electron chi connectivity index (χ4n) is 5.40. The van der Waals surface area contributed by atoms with Gasteiger partial charge >= 0.3 is 6.03 Å². The van der Waals surface area contributed by atoms with Gasteiger partial charge in [-0.25, -0.2) is 4.79 Å². The average Bonchev–Trinajstić information content (AvgIpc) is 2.24. The number of hydrogen-bond acceptors (Lipinski definition) is 1. The van der Waals surface area contributed by atoms with Crippen LogP contribution in [0.15, 0.2) is 0 Å². The van der Waals surface area contributed by atoms with Gasteiger partial charge in [0.25, 0.3) is 0 Å². The molecule has 4 rings (SSSR count). The van der Waals surface area contributed by atoms with Crippen molar-refractivity contribution in [1.82, 2.24) is 9.80 Å². The third-order valence-electron chi connectivity index (χ3n) is 5.45. The van der Waals surface area contributed by atoms with Gasteiger partial charge in [-0.3, -0.25) is 0 Å². The van der Waals surface area contributed by atoms with Gasteiger partial charge in [0.2, 0.25) is 0 Å². The number of carbonyl (C=O) groups is 1. The maximum Gasteiger partial charge on any atom is 0.319 e. The molecule has 4 saturated carbocycles. The molecule has 0 aliphatic heterocycles. The van der Waals surface area contributed by atoms with E-state index in [0.717, 1.165) is 24.3 Å². The summed E-state index contributed by atoms with van der Waals surface area (Å²) < 4.78 is 0. The molecule has 4 aliphatic carbocycles. The first-order chi connectivity index (χ1) is 8.47. The molecule has 0 radical (unpaired) electrons. The normalized spacial score (nSPS) is 40.9. The zero-order valence-electron chi connectivity index (χ0n) is 12.0. The van der Waals surface area contributed by atoms with E-state index in [1.807, 2.05) is 26.0 Å². The maximum absolute atomic E-state index is 12.0. The van der Waals surface area contributed by atoms with Gasteiger partial charge in [-0.2, -0.15) is 0 Å². The molecule has 3 heteroatoms. The van der Waals surface area contributed by atoms with Crippen LogP contribution < -0.4 is 0 Å². The van der Waals surface area contributed by atoms with Gasteiger partial charge in [0, 0.05) is 27.7 Å². The molecule has 2 amide bonds. The Labute approximate surface area is 111 Å². The van der Waals surface area contributed by atoms with E-state index in [0.29, 0.717) is 5.41 Å². The molecule has 0 unspecified atom stereocenters. The first-order valence-electron chi connectivity index (χ1n) is 7.40. The van der Waals surface area contributed by atoms with Crippen LogP contribution in [0.25, 0.3) is 0 Å². The highest BCUT2D eigenvalue weighted by Gasteiger charge is 2.51. The molecule has 4 aliphatic rings. The van der Waals surface area contributed by atoms with E-state index in [4.69, 9.17) is 0 Å². The summed E-state index contributed by atoms with van der Waals surface area (Å²) in [7, 11) is 5.66. The number of amides is 2. The van der Waals surface area contributed by atoms with Crippen molar-refractivity contribution >= 4 is 6.03 Å². The Kier molecular flexibility index (Phi) is 2.83. The lowest BCUT2D eigenvalue weighted by atomic mass is 9.49. The lowest BCUT2D eigenvalue weighted by Gasteiger charge is -2.57. The maximum atomic E-state index is 12.0. The molecular weight excluding hydrogens is 224 g/mol. The van der Waals surface area contributed by atoms with Crippen LogP contribution in [0, 0.1) is 23.2 Å². The van der Waals surface area contributed by atoms with Crippen molar-refractivity contribution in [2.75, 3.05) is 27.7 Å². The lowest BCUT2D eigenvalue weighted by molar-refractivity contribution is -0.0624. The van der Waals surface area contributed by atoms with Crippen molar-refractivity contribution < 1.29 is 4.79 Å². The highest BCUT2D eigenvalue weighted by molar-refractivity contribution is 5.73. The van der Waals surface area contributed by atoms with E-state index in [-0.39, 0.29) is 6.03 Å². The first-order valence-corrected chi connectivity index (χ1v) is 7.40. The number of carbonyl (C=O) groups excluding carboxylic acids is 1. The quantitative estimate of drug-likeness (QED) is 0.739. The number of urea groups is 1. The van der Waals surface area contributed by atoms with Gasteiger partial charge < -0.3 is 9.80 Å². The molecule has 4 bridgehead atoms. The van der Waals surface area contributed by atoms with Gasteiger partial charge in [-0.1, -0.05) is 0 Å². The fourth-order valence-corrected chi connectivity index (χ4v) is 5.40. The molecule has 0 heterocycles. The topological polar surface area (TPSA) is 23.6 Å². The molecule has 0 spiro atoms. The Bertz CT molecular complexity index is 315. The Hall–Kier alpha value is -0.730. The van der Waals surface area contributed by atoms with E-state index < -0.39 is 0 Å². The van der Waals surface area contributed by atoms with Crippen molar-refractivity contribution in [3.05, 3.63) is 0 Å². The van der Waals surface area contributed by atoms with Gasteiger partial charge in [-0.15, -0.1) is 0 Å². The molecule has 0 aromatic rings. The van der Waals surface area contributed by atoms with Gasteiger partial charge in [0.1, 0.15) is 0 Å². The Morgan fingerprint density at radius 2 is 1.44 bits per heavy atom. The average molecular weight is 250 g/mol. The summed E-state index contributed by atoms with van der Waals surface area (Å²) in [6.45, 7) is 0.980. The van der Waals surface area contributed by atoms with Crippen LogP contribution in [-0.4, -0.2) is 43.5 Å². The summed E-state index contributed by atoms with van der Waals surface area (Å²) >= 11 is 0. The molecule has 4 fully saturated rings. The van der Waals surface area contributed by atoms with Crippen LogP contribution in [0.4, 0.5) is 4.79 Å². The van der Waals surface area contributed by atoms with E-state index in [2.05, 4.69) is 0 Å². The third kappa shape index (κ3) is 2.02. The van der Waals surface area contributed by atoms with Crippen molar-refractivity contribution in [1.29, 1.82) is 0 Å². The van der Waals surface area contributed by atoms with Crippen LogP contribution in [0.3, 0.4) is 0 Å². The molecule has 0 saturated heterocycles. The zero-order valence-corrected chi connectivity index (χ0v) is 12.0. The Morgan fingerprint density at radius 1 is 1.00 bits per heavy atom. The summed E-state index contributed by atoms with van der Waals surface area (Å²) in [5, 5.41) is 0. The van der Waals surface area contributed by atoms with E-state index >= 15 is 0 Å². The molecule has 3 nitrogen and oxygen atoms in total. The van der Waals surface area contributed by atoms with Crippen molar-refractivity contribution in [3.8, 4) is 0 Å². The minimum absolute atomic E-state index is 0.158. The molecular formula is C15H26N2O. The molecule has 0 atom stereocenters. The highest BCUT2D eigenvalue weighted by atomic mass is 16.2. The van der Waals surface area contributed by atoms with Crippen LogP contribution in [0.5, 0.6) is 0 Å². The number of rotatable bonds is 2. The summed E-state index contributed by atoms with van der Waals surface area (Å²) in [5.74, 6) is 2.91. The summed E-state index contributed by atoms with van der Waals surface area (Å²) in [6, 6.07) is 0.158. The lowest BCUT2D eigenvalue weighted by Crippen LogP contribution is -2.52. The second-order valence-corrected chi connectivity index (χ2v) is 7.45. The van der Waals surface area contributed by atoms with Crippen molar-refractivity contribution in [2.45, 2.75) is 38.5 Å². The third-order valence-corrected chi connectivity index (χ3v) is 5.45. The van der Waals surface area contributed by atoms with E-state index in [9.17, 15) is 4.79 Å². The van der Waals surface area contributed by atoms with Crippen LogP contribution in [0.2, 0.25) is 0 Å². The van der Waals surface area contributed by atoms with Crippen LogP contribution in [0.1, 0.15) is 38.5 Å². The van der Waals surface area contributed by atoms with Crippen LogP contribution in [-0.2, 0) is 0 Å². The standard InChI is InChI=1S/C15H26N2O/c1-16(2)14(18)17(3)10-15-7-11-4-12(8-15)6-13(5-11)9-15/h11-13H,4-10H2,1-3H3. The minimum atomic E-state index is 0.158. The van der Waals surface area contributed by atoms with E-state index in [1.165, 1.54) is 38.5 Å². The monoisotopic (exact) mass is 250 g/mol. The summed E-state index contributed by atoms with van der Waals surface area (Å²) in [4.78, 5) is 15.7. The fraction of sp³-hybridized carbons (Fsp3) is 0.933. The predicted octanol–water partition coefficient (Wildman–Crippen LogP) is 2.82. The zero-order chi connectivity index (χ0) is 12.9. The second-order valence-electron chi connectivity index (χ2n) is 7.45. The van der Waals surface area contributed by atoms with Gasteiger partial charge in [0.15, 0.2) is 0 Å². The molecule has 0 N–H and O–H groups in total. The summed E-state index contributed by atoms with van der Waals surface area (Å²) in [6.07, 6.45) is 8.57. The predicted molar refractivity (Wildman–Crippen MR) is 72.3 cm³/mol. The Morgan fingerprint density at radius 3 is 1.83 bits per heavy atom. The van der Waals surface area contributed by atoms with Crippen molar-refractivity contribution in [3.63, 3.8) is 0 Å².